The molecule has 0 aromatic rings. The van der Waals surface area contributed by atoms with E-state index in [1.165, 1.54) is 6.47 Å². The van der Waals surface area contributed by atoms with Crippen LogP contribution in [0.15, 0.2) is 0 Å². The van der Waals surface area contributed by atoms with Gasteiger partial charge in [0, 0.05) is 27.7 Å². The molecule has 0 heterocycles. The summed E-state index contributed by atoms with van der Waals surface area (Å²) >= 11 is 0. The topological polar surface area (TPSA) is 26.3 Å². The van der Waals surface area contributed by atoms with Gasteiger partial charge in [-0.3, -0.25) is 0 Å². The van der Waals surface area contributed by atoms with Crippen LogP contribution in [-0.2, 0) is 30.6 Å². The van der Waals surface area contributed by atoms with Crippen LogP contribution < -0.4 is 0 Å². The van der Waals surface area contributed by atoms with Crippen molar-refractivity contribution in [2.45, 2.75) is 6.92 Å². The number of hydrogen-bond donors (Lipinski definition) is 0. The van der Waals surface area contributed by atoms with Crippen molar-refractivity contribution in [3.05, 3.63) is 0 Å². The average Bonchev–Trinajstić information content (AvgIpc) is 1.41. The van der Waals surface area contributed by atoms with Gasteiger partial charge in [-0.25, -0.2) is 0 Å². The van der Waals surface area contributed by atoms with E-state index in [0.717, 1.165) is 0 Å². The average molecular weight is 257 g/mol. The van der Waals surface area contributed by atoms with Crippen LogP contribution >= 0.6 is 0 Å². The first-order valence-electron chi connectivity index (χ1n) is 1.40. The van der Waals surface area contributed by atoms with Crippen molar-refractivity contribution in [2.24, 2.45) is 0 Å². The first-order chi connectivity index (χ1) is 2.41. The standard InChI is InChI=1S/C3H5O2.W/c1-2-5-3-4;/h2H2,1H3;/q-1;. The summed E-state index contributed by atoms with van der Waals surface area (Å²) in [5, 5.41) is 0. The largest absolute Gasteiger partial charge is 0.653 e. The Morgan fingerprint density at radius 2 is 2.33 bits per heavy atom. The Morgan fingerprint density at radius 1 is 1.83 bits per heavy atom. The minimum absolute atomic E-state index is 0. The third-order valence-electron chi connectivity index (χ3n) is 0.203. The third-order valence-corrected chi connectivity index (χ3v) is 0.203. The first-order valence-corrected chi connectivity index (χ1v) is 1.40. The maximum Gasteiger partial charge on any atom is 0.0451 e. The van der Waals surface area contributed by atoms with Crippen molar-refractivity contribution in [3.8, 4) is 0 Å². The summed E-state index contributed by atoms with van der Waals surface area (Å²) in [6, 6.07) is 0. The van der Waals surface area contributed by atoms with Crippen molar-refractivity contribution in [1.29, 1.82) is 0 Å². The molecule has 0 aliphatic carbocycles. The molecule has 36 valence electrons. The van der Waals surface area contributed by atoms with Crippen LogP contribution in [0.2, 0.25) is 0 Å². The van der Waals surface area contributed by atoms with E-state index < -0.39 is 0 Å². The number of ether oxygens (including phenoxy) is 1. The molecule has 0 fully saturated rings. The van der Waals surface area contributed by atoms with Gasteiger partial charge in [-0.2, -0.15) is 0 Å². The Kier molecular flexibility index (Phi) is 14.1. The summed E-state index contributed by atoms with van der Waals surface area (Å²) in [5.41, 5.74) is 0. The maximum atomic E-state index is 9.06. The molecular weight excluding hydrogens is 252 g/mol. The van der Waals surface area contributed by atoms with E-state index in [-0.39, 0.29) is 21.1 Å². The number of hydrogen-bond acceptors (Lipinski definition) is 2. The zero-order valence-corrected chi connectivity index (χ0v) is 6.37. The first kappa shape index (κ1) is 9.48. The SMILES string of the molecule is CCO[C-]=O.[W]. The van der Waals surface area contributed by atoms with Crippen molar-refractivity contribution in [1.82, 2.24) is 0 Å². The normalized spacial score (nSPS) is 5.50. The third kappa shape index (κ3) is 8.90. The molecule has 0 aromatic heterocycles. The smallest absolute Gasteiger partial charge is 0.0451 e. The van der Waals surface area contributed by atoms with E-state index in [2.05, 4.69) is 4.74 Å². The minimum atomic E-state index is 0. The van der Waals surface area contributed by atoms with E-state index in [0.29, 0.717) is 6.61 Å². The van der Waals surface area contributed by atoms with E-state index >= 15 is 0 Å². The van der Waals surface area contributed by atoms with Crippen molar-refractivity contribution in [2.75, 3.05) is 6.61 Å². The summed E-state index contributed by atoms with van der Waals surface area (Å²) in [7, 11) is 0. The number of carbonyl (C=O) groups excluding carboxylic acids is 1. The summed E-state index contributed by atoms with van der Waals surface area (Å²) < 4.78 is 4.03. The molecule has 3 heteroatoms. The van der Waals surface area contributed by atoms with Gasteiger partial charge < -0.3 is 9.53 Å². The fourth-order valence-electron chi connectivity index (χ4n) is 0.0589. The van der Waals surface area contributed by atoms with Crippen molar-refractivity contribution in [3.63, 3.8) is 0 Å². The van der Waals surface area contributed by atoms with Crippen molar-refractivity contribution >= 4 is 6.47 Å². The Balaban J connectivity index is 0. The van der Waals surface area contributed by atoms with E-state index in [9.17, 15) is 0 Å². The van der Waals surface area contributed by atoms with Gasteiger partial charge in [0.1, 0.15) is 0 Å². The molecule has 0 aliphatic heterocycles. The van der Waals surface area contributed by atoms with Crippen LogP contribution in [-0.4, -0.2) is 13.1 Å². The predicted octanol–water partition coefficient (Wildman–Crippen LogP) is 0.0876. The molecule has 6 heavy (non-hydrogen) atoms. The fraction of sp³-hybridized carbons (Fsp3) is 0.667. The van der Waals surface area contributed by atoms with Crippen LogP contribution in [0.25, 0.3) is 0 Å². The molecule has 0 amide bonds. The summed E-state index contributed by atoms with van der Waals surface area (Å²) in [4.78, 5) is 9.06. The van der Waals surface area contributed by atoms with Gasteiger partial charge in [-0.05, 0) is 6.92 Å². The summed E-state index contributed by atoms with van der Waals surface area (Å²) in [6.07, 6.45) is 0. The van der Waals surface area contributed by atoms with Gasteiger partial charge >= 0.3 is 0 Å². The monoisotopic (exact) mass is 257 g/mol. The van der Waals surface area contributed by atoms with Crippen molar-refractivity contribution < 1.29 is 30.6 Å². The van der Waals surface area contributed by atoms with Crippen LogP contribution in [0, 0.1) is 0 Å². The zero-order valence-electron chi connectivity index (χ0n) is 3.43. The Bertz CT molecular complexity index is 30.0. The van der Waals surface area contributed by atoms with Crippen LogP contribution in [0.1, 0.15) is 6.92 Å². The predicted molar refractivity (Wildman–Crippen MR) is 17.3 cm³/mol. The zero-order chi connectivity index (χ0) is 4.12. The van der Waals surface area contributed by atoms with Gasteiger partial charge in [-0.15, -0.1) is 0 Å². The molecule has 0 unspecified atom stereocenters. The molecule has 2 nitrogen and oxygen atoms in total. The summed E-state index contributed by atoms with van der Waals surface area (Å²) in [6.45, 7) is 3.41. The van der Waals surface area contributed by atoms with Gasteiger partial charge in [-0.1, -0.05) is 6.47 Å². The van der Waals surface area contributed by atoms with Gasteiger partial charge in [0.05, 0.1) is 0 Å². The molecule has 0 radical (unpaired) electrons. The van der Waals surface area contributed by atoms with Crippen LogP contribution in [0.4, 0.5) is 0 Å². The molecule has 0 atom stereocenters. The second-order valence-electron chi connectivity index (χ2n) is 0.516. The molecule has 0 rings (SSSR count). The molecule has 0 aliphatic rings. The second-order valence-corrected chi connectivity index (χ2v) is 0.516. The van der Waals surface area contributed by atoms with Gasteiger partial charge in [0.2, 0.25) is 0 Å². The minimum Gasteiger partial charge on any atom is -0.653 e. The number of rotatable bonds is 2. The molecule has 0 saturated heterocycles. The maximum absolute atomic E-state index is 9.06. The molecule has 0 bridgehead atoms. The van der Waals surface area contributed by atoms with E-state index in [1.807, 2.05) is 0 Å². The Labute approximate surface area is 51.1 Å². The van der Waals surface area contributed by atoms with Gasteiger partial charge in [0.25, 0.3) is 0 Å². The van der Waals surface area contributed by atoms with Crippen LogP contribution in [0.3, 0.4) is 0 Å². The molecule has 0 saturated carbocycles. The molecular formula is C3H5O2W-. The quantitative estimate of drug-likeness (QED) is 0.655. The Hall–Kier alpha value is 0.158. The van der Waals surface area contributed by atoms with Crippen LogP contribution in [0.5, 0.6) is 0 Å². The second kappa shape index (κ2) is 8.94. The fourth-order valence-corrected chi connectivity index (χ4v) is 0.0589. The molecule has 0 aromatic carbocycles. The summed E-state index contributed by atoms with van der Waals surface area (Å²) in [5.74, 6) is 0. The molecule has 0 spiro atoms. The molecule has 0 N–H and O–H groups in total. The van der Waals surface area contributed by atoms with E-state index in [4.69, 9.17) is 4.79 Å². The van der Waals surface area contributed by atoms with E-state index in [1.54, 1.807) is 6.92 Å². The Morgan fingerprint density at radius 3 is 2.33 bits per heavy atom. The van der Waals surface area contributed by atoms with Gasteiger partial charge in [0.15, 0.2) is 0 Å².